The standard InChI is InChI=1S/C9H8N2O2S.ClH/c10-9-11-6(4-14-9)5-1-2-7(12)8(13)3-5;/h1-4,12-13H,(H2,10,11);1H/p-1. The van der Waals surface area contributed by atoms with E-state index in [1.54, 1.807) is 11.4 Å². The Hall–Kier alpha value is -1.46. The van der Waals surface area contributed by atoms with Gasteiger partial charge in [-0.1, -0.05) is 0 Å². The molecule has 0 spiro atoms. The van der Waals surface area contributed by atoms with Crippen LogP contribution in [0.2, 0.25) is 0 Å². The maximum atomic E-state index is 9.26. The molecule has 0 saturated carbocycles. The van der Waals surface area contributed by atoms with Crippen LogP contribution in [0.5, 0.6) is 11.5 Å². The Labute approximate surface area is 96.4 Å². The molecule has 0 aliphatic rings. The molecule has 0 fully saturated rings. The summed E-state index contributed by atoms with van der Waals surface area (Å²) in [4.78, 5) is 4.06. The minimum Gasteiger partial charge on any atom is -1.00 e. The summed E-state index contributed by atoms with van der Waals surface area (Å²) in [5, 5.41) is 20.6. The minimum atomic E-state index is -0.158. The third kappa shape index (κ3) is 2.31. The van der Waals surface area contributed by atoms with Gasteiger partial charge in [0.2, 0.25) is 0 Å². The Bertz CT molecular complexity index is 473. The smallest absolute Gasteiger partial charge is 0.180 e. The molecular formula is C9H8ClN2O2S-. The van der Waals surface area contributed by atoms with Gasteiger partial charge in [0.25, 0.3) is 0 Å². The van der Waals surface area contributed by atoms with Gasteiger partial charge in [0.1, 0.15) is 0 Å². The van der Waals surface area contributed by atoms with Gasteiger partial charge in [0.05, 0.1) is 5.69 Å². The van der Waals surface area contributed by atoms with Crippen molar-refractivity contribution in [2.75, 3.05) is 5.73 Å². The van der Waals surface area contributed by atoms with E-state index in [4.69, 9.17) is 10.8 Å². The predicted molar refractivity (Wildman–Crippen MR) is 55.3 cm³/mol. The largest absolute Gasteiger partial charge is 1.00 e. The zero-order chi connectivity index (χ0) is 10.1. The van der Waals surface area contributed by atoms with Crippen LogP contribution in [0.1, 0.15) is 0 Å². The first-order valence-electron chi connectivity index (χ1n) is 3.90. The third-order valence-corrected chi connectivity index (χ3v) is 2.47. The maximum Gasteiger partial charge on any atom is 0.180 e. The van der Waals surface area contributed by atoms with Crippen molar-refractivity contribution in [3.8, 4) is 22.8 Å². The Morgan fingerprint density at radius 2 is 1.93 bits per heavy atom. The number of rotatable bonds is 1. The highest BCUT2D eigenvalue weighted by molar-refractivity contribution is 7.13. The van der Waals surface area contributed by atoms with Crippen molar-refractivity contribution in [2.45, 2.75) is 0 Å². The molecule has 1 aromatic heterocycles. The van der Waals surface area contributed by atoms with Crippen molar-refractivity contribution in [1.82, 2.24) is 4.98 Å². The Kier molecular flexibility index (Phi) is 3.39. The van der Waals surface area contributed by atoms with Crippen molar-refractivity contribution >= 4 is 16.5 Å². The van der Waals surface area contributed by atoms with E-state index >= 15 is 0 Å². The first kappa shape index (κ1) is 11.6. The number of hydrogen-bond acceptors (Lipinski definition) is 5. The molecule has 6 heteroatoms. The number of nitrogens with two attached hydrogens (primary N) is 1. The van der Waals surface area contributed by atoms with Gasteiger partial charge in [0, 0.05) is 10.9 Å². The highest BCUT2D eigenvalue weighted by atomic mass is 35.5. The van der Waals surface area contributed by atoms with Crippen molar-refractivity contribution in [1.29, 1.82) is 0 Å². The van der Waals surface area contributed by atoms with E-state index in [1.807, 2.05) is 0 Å². The molecule has 0 atom stereocenters. The number of phenolic OH excluding ortho intramolecular Hbond substituents is 2. The predicted octanol–water partition coefficient (Wildman–Crippen LogP) is -1.19. The first-order valence-corrected chi connectivity index (χ1v) is 4.78. The number of anilines is 1. The Morgan fingerprint density at radius 3 is 2.47 bits per heavy atom. The Balaban J connectivity index is 0.00000112. The fourth-order valence-electron chi connectivity index (χ4n) is 1.10. The van der Waals surface area contributed by atoms with E-state index in [9.17, 15) is 5.11 Å². The molecule has 0 bridgehead atoms. The molecule has 2 aromatic rings. The monoisotopic (exact) mass is 243 g/mol. The molecular weight excluding hydrogens is 236 g/mol. The summed E-state index contributed by atoms with van der Waals surface area (Å²) in [6.45, 7) is 0. The fraction of sp³-hybridized carbons (Fsp3) is 0. The van der Waals surface area contributed by atoms with Crippen LogP contribution >= 0.6 is 11.3 Å². The summed E-state index contributed by atoms with van der Waals surface area (Å²) >= 11 is 1.33. The molecule has 0 saturated heterocycles. The SMILES string of the molecule is Nc1nc(-c2ccc(O)c(O)c2)cs1.[Cl-]. The van der Waals surface area contributed by atoms with Crippen LogP contribution in [0, 0.1) is 0 Å². The van der Waals surface area contributed by atoms with Gasteiger partial charge >= 0.3 is 0 Å². The molecule has 0 amide bonds. The van der Waals surface area contributed by atoms with Crippen molar-refractivity contribution in [3.05, 3.63) is 23.6 Å². The number of hydrogen-bond donors (Lipinski definition) is 3. The van der Waals surface area contributed by atoms with E-state index in [0.29, 0.717) is 10.8 Å². The molecule has 4 nitrogen and oxygen atoms in total. The fourth-order valence-corrected chi connectivity index (χ4v) is 1.68. The summed E-state index contributed by atoms with van der Waals surface area (Å²) in [6, 6.07) is 4.54. The quantitative estimate of drug-likeness (QED) is 0.550. The van der Waals surface area contributed by atoms with Gasteiger partial charge in [-0.25, -0.2) is 4.98 Å². The first-order chi connectivity index (χ1) is 6.66. The normalized spacial score (nSPS) is 9.60. The van der Waals surface area contributed by atoms with Gasteiger partial charge in [-0.2, -0.15) is 0 Å². The van der Waals surface area contributed by atoms with Gasteiger partial charge in [-0.3, -0.25) is 0 Å². The van der Waals surface area contributed by atoms with Gasteiger partial charge in [0.15, 0.2) is 16.6 Å². The molecule has 0 unspecified atom stereocenters. The average Bonchev–Trinajstić information content (AvgIpc) is 2.57. The molecule has 15 heavy (non-hydrogen) atoms. The molecule has 0 aliphatic heterocycles. The lowest BCUT2D eigenvalue weighted by Crippen LogP contribution is -3.00. The minimum absolute atomic E-state index is 0. The van der Waals surface area contributed by atoms with E-state index in [-0.39, 0.29) is 23.9 Å². The highest BCUT2D eigenvalue weighted by Crippen LogP contribution is 2.31. The van der Waals surface area contributed by atoms with Gasteiger partial charge in [-0.05, 0) is 18.2 Å². The molecule has 4 N–H and O–H groups in total. The average molecular weight is 244 g/mol. The van der Waals surface area contributed by atoms with Crippen LogP contribution in [0.3, 0.4) is 0 Å². The molecule has 1 heterocycles. The summed E-state index contributed by atoms with van der Waals surface area (Å²) in [7, 11) is 0. The van der Waals surface area contributed by atoms with Crippen LogP contribution in [0.4, 0.5) is 5.13 Å². The zero-order valence-electron chi connectivity index (χ0n) is 7.51. The van der Waals surface area contributed by atoms with Crippen LogP contribution in [-0.2, 0) is 0 Å². The summed E-state index contributed by atoms with van der Waals surface area (Å²) in [5.41, 5.74) is 6.91. The van der Waals surface area contributed by atoms with Crippen molar-refractivity contribution in [3.63, 3.8) is 0 Å². The highest BCUT2D eigenvalue weighted by Gasteiger charge is 2.05. The number of nitrogens with zero attached hydrogens (tertiary/aromatic N) is 1. The zero-order valence-corrected chi connectivity index (χ0v) is 9.09. The van der Waals surface area contributed by atoms with Crippen LogP contribution in [0.25, 0.3) is 11.3 Å². The van der Waals surface area contributed by atoms with E-state index < -0.39 is 0 Å². The van der Waals surface area contributed by atoms with Crippen molar-refractivity contribution < 1.29 is 22.6 Å². The molecule has 1 aromatic carbocycles. The maximum absolute atomic E-state index is 9.26. The third-order valence-electron chi connectivity index (χ3n) is 1.79. The number of benzene rings is 1. The summed E-state index contributed by atoms with van der Waals surface area (Å²) in [5.74, 6) is -0.300. The summed E-state index contributed by atoms with van der Waals surface area (Å²) < 4.78 is 0. The number of aromatic nitrogens is 1. The second kappa shape index (κ2) is 4.37. The molecule has 0 radical (unpaired) electrons. The van der Waals surface area contributed by atoms with Crippen LogP contribution in [-0.4, -0.2) is 15.2 Å². The second-order valence-electron chi connectivity index (χ2n) is 2.77. The lowest BCUT2D eigenvalue weighted by Gasteiger charge is -1.99. The van der Waals surface area contributed by atoms with E-state index in [0.717, 1.165) is 5.56 Å². The molecule has 0 aliphatic carbocycles. The second-order valence-corrected chi connectivity index (χ2v) is 3.66. The topological polar surface area (TPSA) is 79.4 Å². The molecule has 80 valence electrons. The van der Waals surface area contributed by atoms with Gasteiger partial charge in [-0.15, -0.1) is 11.3 Å². The number of nitrogen functional groups attached to an aromatic ring is 1. The van der Waals surface area contributed by atoms with Crippen LogP contribution in [0.15, 0.2) is 23.6 Å². The van der Waals surface area contributed by atoms with E-state index in [2.05, 4.69) is 4.98 Å². The lowest BCUT2D eigenvalue weighted by molar-refractivity contribution is -0.00000462. The molecule has 2 rings (SSSR count). The number of phenols is 2. The Morgan fingerprint density at radius 1 is 1.20 bits per heavy atom. The van der Waals surface area contributed by atoms with Gasteiger partial charge < -0.3 is 28.4 Å². The van der Waals surface area contributed by atoms with E-state index in [1.165, 1.54) is 23.5 Å². The van der Waals surface area contributed by atoms with Crippen molar-refractivity contribution in [2.24, 2.45) is 0 Å². The number of thiazole rings is 1. The summed E-state index contributed by atoms with van der Waals surface area (Å²) in [6.07, 6.45) is 0. The number of aromatic hydroxyl groups is 2. The lowest BCUT2D eigenvalue weighted by atomic mass is 10.1. The van der Waals surface area contributed by atoms with Crippen LogP contribution < -0.4 is 18.1 Å². The number of halogens is 1.